The van der Waals surface area contributed by atoms with E-state index >= 15 is 0 Å². The van der Waals surface area contributed by atoms with Crippen LogP contribution < -0.4 is 4.90 Å². The number of hydrogen-bond acceptors (Lipinski definition) is 1. The highest BCUT2D eigenvalue weighted by Gasteiger charge is 2.28. The Bertz CT molecular complexity index is 378. The second kappa shape index (κ2) is 4.23. The van der Waals surface area contributed by atoms with E-state index in [1.54, 1.807) is 4.90 Å². The van der Waals surface area contributed by atoms with Gasteiger partial charge >= 0.3 is 0 Å². The number of carbonyl (C=O) groups is 1. The lowest BCUT2D eigenvalue weighted by molar-refractivity contribution is -0.118. The molecule has 1 aliphatic heterocycles. The summed E-state index contributed by atoms with van der Waals surface area (Å²) in [7, 11) is 0. The number of nitrogens with zero attached hydrogens (tertiary/aromatic N) is 1. The van der Waals surface area contributed by atoms with Gasteiger partial charge in [0, 0.05) is 12.1 Å². The molecule has 1 heterocycles. The van der Waals surface area contributed by atoms with Crippen LogP contribution in [0.15, 0.2) is 24.3 Å². The first-order chi connectivity index (χ1) is 7.24. The third-order valence-corrected chi connectivity index (χ3v) is 3.17. The van der Waals surface area contributed by atoms with Crippen LogP contribution in [0.1, 0.15) is 25.3 Å². The van der Waals surface area contributed by atoms with Crippen molar-refractivity contribution in [2.45, 2.75) is 31.7 Å². The minimum atomic E-state index is -0.188. The Morgan fingerprint density at radius 1 is 1.53 bits per heavy atom. The summed E-state index contributed by atoms with van der Waals surface area (Å²) in [6.07, 6.45) is 2.29. The highest BCUT2D eigenvalue weighted by atomic mass is 35.5. The Morgan fingerprint density at radius 3 is 3.00 bits per heavy atom. The summed E-state index contributed by atoms with van der Waals surface area (Å²) < 4.78 is 0. The summed E-state index contributed by atoms with van der Waals surface area (Å²) in [5, 5.41) is 0. The zero-order valence-corrected chi connectivity index (χ0v) is 9.50. The van der Waals surface area contributed by atoms with Crippen LogP contribution in [0.25, 0.3) is 0 Å². The first kappa shape index (κ1) is 10.5. The van der Waals surface area contributed by atoms with E-state index in [2.05, 4.69) is 6.07 Å². The van der Waals surface area contributed by atoms with Gasteiger partial charge in [-0.25, -0.2) is 0 Å². The predicted octanol–water partition coefficient (Wildman–Crippen LogP) is 2.94. The molecule has 3 heteroatoms. The molecule has 1 aromatic rings. The summed E-state index contributed by atoms with van der Waals surface area (Å²) in [6, 6.07) is 7.98. The molecule has 2 nitrogen and oxygen atoms in total. The van der Waals surface area contributed by atoms with Crippen molar-refractivity contribution in [1.82, 2.24) is 0 Å². The van der Waals surface area contributed by atoms with Crippen molar-refractivity contribution in [2.75, 3.05) is 4.90 Å². The average Bonchev–Trinajstić information content (AvgIpc) is 2.28. The number of alkyl halides is 1. The van der Waals surface area contributed by atoms with E-state index in [0.29, 0.717) is 6.42 Å². The summed E-state index contributed by atoms with van der Waals surface area (Å²) in [5.41, 5.74) is 2.01. The van der Waals surface area contributed by atoms with Crippen LogP contribution in [0.3, 0.4) is 0 Å². The number of carbonyl (C=O) groups excluding carboxylic acids is 1. The van der Waals surface area contributed by atoms with Gasteiger partial charge in [-0.1, -0.05) is 36.7 Å². The molecule has 0 spiro atoms. The van der Waals surface area contributed by atoms with Crippen molar-refractivity contribution < 1.29 is 4.79 Å². The molecule has 1 unspecified atom stereocenters. The number of anilines is 1. The minimum absolute atomic E-state index is 0.0992. The first-order valence-corrected chi connectivity index (χ1v) is 5.71. The molecular weight excluding hydrogens is 210 g/mol. The second-order valence-electron chi connectivity index (χ2n) is 3.72. The quantitative estimate of drug-likeness (QED) is 0.530. The van der Waals surface area contributed by atoms with Gasteiger partial charge in [0.05, 0.1) is 0 Å². The van der Waals surface area contributed by atoms with E-state index in [1.165, 1.54) is 5.56 Å². The zero-order valence-electron chi connectivity index (χ0n) is 8.74. The molecule has 15 heavy (non-hydrogen) atoms. The van der Waals surface area contributed by atoms with E-state index in [9.17, 15) is 4.79 Å². The maximum absolute atomic E-state index is 11.8. The molecule has 1 aliphatic rings. The molecule has 80 valence electrons. The van der Waals surface area contributed by atoms with E-state index < -0.39 is 0 Å². The number of amides is 1. The molecule has 1 amide bonds. The Balaban J connectivity index is 2.41. The van der Waals surface area contributed by atoms with Crippen molar-refractivity contribution in [3.05, 3.63) is 29.8 Å². The molecule has 0 aromatic heterocycles. The lowest BCUT2D eigenvalue weighted by Crippen LogP contribution is -2.40. The lowest BCUT2D eigenvalue weighted by Gasteiger charge is -2.33. The molecular formula is C12H14ClNO. The maximum atomic E-state index is 11.8. The van der Waals surface area contributed by atoms with Gasteiger partial charge in [0.2, 0.25) is 5.91 Å². The number of hydrogen-bond donors (Lipinski definition) is 0. The van der Waals surface area contributed by atoms with Crippen molar-refractivity contribution >= 4 is 23.2 Å². The van der Waals surface area contributed by atoms with Crippen molar-refractivity contribution in [3.8, 4) is 0 Å². The van der Waals surface area contributed by atoms with Crippen LogP contribution >= 0.6 is 11.6 Å². The van der Waals surface area contributed by atoms with Crippen LogP contribution in [0.4, 0.5) is 5.69 Å². The molecule has 0 saturated heterocycles. The highest BCUT2D eigenvalue weighted by molar-refractivity contribution is 6.24. The Labute approximate surface area is 94.8 Å². The van der Waals surface area contributed by atoms with Gasteiger partial charge in [0.25, 0.3) is 0 Å². The SMILES string of the molecule is CCC(=O)N1c2ccccc2CCC1Cl. The van der Waals surface area contributed by atoms with Crippen LogP contribution in [-0.2, 0) is 11.2 Å². The zero-order chi connectivity index (χ0) is 10.8. The van der Waals surface area contributed by atoms with Gasteiger partial charge in [0.15, 0.2) is 0 Å². The Hall–Kier alpha value is -1.02. The Kier molecular flexibility index (Phi) is 2.96. The van der Waals surface area contributed by atoms with Crippen LogP contribution in [-0.4, -0.2) is 11.4 Å². The summed E-state index contributed by atoms with van der Waals surface area (Å²) in [6.45, 7) is 1.86. The van der Waals surface area contributed by atoms with E-state index in [0.717, 1.165) is 18.5 Å². The fourth-order valence-electron chi connectivity index (χ4n) is 1.97. The molecule has 1 atom stereocenters. The number of aryl methyl sites for hydroxylation is 1. The average molecular weight is 224 g/mol. The molecule has 0 aliphatic carbocycles. The van der Waals surface area contributed by atoms with Gasteiger partial charge in [-0.05, 0) is 24.5 Å². The molecule has 0 N–H and O–H groups in total. The molecule has 0 radical (unpaired) electrons. The summed E-state index contributed by atoms with van der Waals surface area (Å²) in [5.74, 6) is 0.0992. The van der Waals surface area contributed by atoms with E-state index in [1.807, 2.05) is 25.1 Å². The van der Waals surface area contributed by atoms with Gasteiger partial charge in [0.1, 0.15) is 5.50 Å². The lowest BCUT2D eigenvalue weighted by atomic mass is 10.0. The fourth-order valence-corrected chi connectivity index (χ4v) is 2.30. The summed E-state index contributed by atoms with van der Waals surface area (Å²) >= 11 is 6.19. The highest BCUT2D eigenvalue weighted by Crippen LogP contribution is 2.32. The molecule has 0 bridgehead atoms. The molecule has 0 saturated carbocycles. The monoisotopic (exact) mass is 223 g/mol. The fraction of sp³-hybridized carbons (Fsp3) is 0.417. The third kappa shape index (κ3) is 1.86. The smallest absolute Gasteiger partial charge is 0.227 e. The minimum Gasteiger partial charge on any atom is -0.295 e. The van der Waals surface area contributed by atoms with Crippen molar-refractivity contribution in [3.63, 3.8) is 0 Å². The Morgan fingerprint density at radius 2 is 2.27 bits per heavy atom. The number of para-hydroxylation sites is 1. The number of benzene rings is 1. The molecule has 0 fully saturated rings. The standard InChI is InChI=1S/C12H14ClNO/c1-2-12(15)14-10-6-4-3-5-9(10)7-8-11(14)13/h3-6,11H,2,7-8H2,1H3. The second-order valence-corrected chi connectivity index (χ2v) is 4.22. The van der Waals surface area contributed by atoms with Crippen molar-refractivity contribution in [2.24, 2.45) is 0 Å². The maximum Gasteiger partial charge on any atom is 0.227 e. The molecule has 2 rings (SSSR count). The van der Waals surface area contributed by atoms with Gasteiger partial charge in [-0.3, -0.25) is 9.69 Å². The number of rotatable bonds is 1. The van der Waals surface area contributed by atoms with E-state index in [-0.39, 0.29) is 11.4 Å². The molecule has 1 aromatic carbocycles. The predicted molar refractivity (Wildman–Crippen MR) is 62.2 cm³/mol. The topological polar surface area (TPSA) is 20.3 Å². The van der Waals surface area contributed by atoms with Crippen LogP contribution in [0.2, 0.25) is 0 Å². The van der Waals surface area contributed by atoms with Crippen LogP contribution in [0.5, 0.6) is 0 Å². The van der Waals surface area contributed by atoms with Gasteiger partial charge < -0.3 is 0 Å². The number of halogens is 1. The summed E-state index contributed by atoms with van der Waals surface area (Å²) in [4.78, 5) is 13.5. The first-order valence-electron chi connectivity index (χ1n) is 5.28. The van der Waals surface area contributed by atoms with Crippen molar-refractivity contribution in [1.29, 1.82) is 0 Å². The van der Waals surface area contributed by atoms with E-state index in [4.69, 9.17) is 11.6 Å². The third-order valence-electron chi connectivity index (χ3n) is 2.75. The van der Waals surface area contributed by atoms with Gasteiger partial charge in [-0.2, -0.15) is 0 Å². The largest absolute Gasteiger partial charge is 0.295 e. The van der Waals surface area contributed by atoms with Crippen LogP contribution in [0, 0.1) is 0 Å². The normalized spacial score (nSPS) is 19.9. The van der Waals surface area contributed by atoms with Gasteiger partial charge in [-0.15, -0.1) is 0 Å². The number of fused-ring (bicyclic) bond motifs is 1.